The van der Waals surface area contributed by atoms with Crippen LogP contribution in [0.4, 0.5) is 0 Å². The van der Waals surface area contributed by atoms with Crippen LogP contribution in [-0.2, 0) is 8.85 Å². The van der Waals surface area contributed by atoms with E-state index in [1.165, 1.54) is 6.42 Å². The van der Waals surface area contributed by atoms with Crippen LogP contribution in [0.3, 0.4) is 0 Å². The second-order valence-corrected chi connectivity index (χ2v) is 5.65. The predicted octanol–water partition coefficient (Wildman–Crippen LogP) is 2.33. The van der Waals surface area contributed by atoms with Gasteiger partial charge in [0.1, 0.15) is 0 Å². The largest absolute Gasteiger partial charge is 0.400 e. The minimum absolute atomic E-state index is 0.697. The summed E-state index contributed by atoms with van der Waals surface area (Å²) in [6.07, 6.45) is 2.36. The van der Waals surface area contributed by atoms with Gasteiger partial charge in [0, 0.05) is 13.7 Å². The summed E-state index contributed by atoms with van der Waals surface area (Å²) in [7, 11) is 0.467. The average molecular weight is 190 g/mol. The summed E-state index contributed by atoms with van der Waals surface area (Å²) >= 11 is 0. The van der Waals surface area contributed by atoms with Crippen LogP contribution in [0.2, 0.25) is 6.04 Å². The van der Waals surface area contributed by atoms with Crippen LogP contribution in [0.25, 0.3) is 0 Å². The minimum Gasteiger partial charge on any atom is -0.400 e. The summed E-state index contributed by atoms with van der Waals surface area (Å²) in [6.45, 7) is 7.48. The van der Waals surface area contributed by atoms with Crippen molar-refractivity contribution in [3.8, 4) is 0 Å². The first-order valence-electron chi connectivity index (χ1n) is 4.85. The van der Waals surface area contributed by atoms with E-state index in [4.69, 9.17) is 8.85 Å². The van der Waals surface area contributed by atoms with Crippen LogP contribution < -0.4 is 0 Å². The highest BCUT2D eigenvalue weighted by molar-refractivity contribution is 6.44. The lowest BCUT2D eigenvalue weighted by Gasteiger charge is -2.15. The van der Waals surface area contributed by atoms with Crippen molar-refractivity contribution in [1.82, 2.24) is 0 Å². The molecule has 0 aromatic heterocycles. The Morgan fingerprint density at radius 2 is 2.00 bits per heavy atom. The van der Waals surface area contributed by atoms with Gasteiger partial charge in [0.2, 0.25) is 0 Å². The molecule has 3 heteroatoms. The highest BCUT2D eigenvalue weighted by Crippen LogP contribution is 2.07. The topological polar surface area (TPSA) is 18.5 Å². The van der Waals surface area contributed by atoms with E-state index in [-0.39, 0.29) is 0 Å². The number of unbranched alkanes of at least 4 members (excludes halogenated alkanes) is 1. The quantitative estimate of drug-likeness (QED) is 0.453. The Morgan fingerprint density at radius 1 is 1.33 bits per heavy atom. The fourth-order valence-electron chi connectivity index (χ4n) is 0.976. The highest BCUT2D eigenvalue weighted by atomic mass is 28.3. The van der Waals surface area contributed by atoms with Gasteiger partial charge in [-0.3, -0.25) is 0 Å². The molecule has 2 nitrogen and oxygen atoms in total. The van der Waals surface area contributed by atoms with Crippen molar-refractivity contribution in [2.24, 2.45) is 5.92 Å². The lowest BCUT2D eigenvalue weighted by molar-refractivity contribution is 0.221. The van der Waals surface area contributed by atoms with Crippen LogP contribution >= 0.6 is 0 Å². The molecule has 0 amide bonds. The molecule has 0 aliphatic heterocycles. The SMILES string of the molecule is CCCCO[SiH](CC(C)C)OC. The molecule has 0 saturated heterocycles. The van der Waals surface area contributed by atoms with E-state index in [0.29, 0.717) is 5.92 Å². The second kappa shape index (κ2) is 7.77. The van der Waals surface area contributed by atoms with Crippen molar-refractivity contribution < 1.29 is 8.85 Å². The van der Waals surface area contributed by atoms with E-state index in [1.807, 2.05) is 0 Å². The summed E-state index contributed by atoms with van der Waals surface area (Å²) < 4.78 is 11.0. The van der Waals surface area contributed by atoms with Gasteiger partial charge < -0.3 is 8.85 Å². The Morgan fingerprint density at radius 3 is 2.42 bits per heavy atom. The molecule has 0 spiro atoms. The molecule has 0 bridgehead atoms. The fourth-order valence-corrected chi connectivity index (χ4v) is 2.64. The van der Waals surface area contributed by atoms with Crippen molar-refractivity contribution in [2.45, 2.75) is 39.7 Å². The minimum atomic E-state index is -1.30. The molecule has 0 rings (SSSR count). The third kappa shape index (κ3) is 6.82. The first kappa shape index (κ1) is 12.1. The van der Waals surface area contributed by atoms with Crippen molar-refractivity contribution in [3.63, 3.8) is 0 Å². The normalized spacial score (nSPS) is 13.8. The lowest BCUT2D eigenvalue weighted by atomic mass is 10.3. The van der Waals surface area contributed by atoms with Gasteiger partial charge in [-0.05, 0) is 18.4 Å². The van der Waals surface area contributed by atoms with Crippen molar-refractivity contribution in [2.75, 3.05) is 13.7 Å². The molecule has 12 heavy (non-hydrogen) atoms. The van der Waals surface area contributed by atoms with Gasteiger partial charge in [0.15, 0.2) is 0 Å². The zero-order valence-electron chi connectivity index (χ0n) is 8.80. The van der Waals surface area contributed by atoms with Gasteiger partial charge in [-0.15, -0.1) is 0 Å². The van der Waals surface area contributed by atoms with E-state index in [0.717, 1.165) is 19.1 Å². The summed E-state index contributed by atoms with van der Waals surface area (Å²) in [5, 5.41) is 0. The Labute approximate surface area is 78.1 Å². The third-order valence-electron chi connectivity index (χ3n) is 1.73. The van der Waals surface area contributed by atoms with Gasteiger partial charge in [-0.2, -0.15) is 0 Å². The summed E-state index contributed by atoms with van der Waals surface area (Å²) in [6, 6.07) is 1.13. The zero-order chi connectivity index (χ0) is 9.40. The molecule has 74 valence electrons. The molecular weight excluding hydrogens is 168 g/mol. The van der Waals surface area contributed by atoms with E-state index < -0.39 is 9.28 Å². The van der Waals surface area contributed by atoms with Crippen LogP contribution in [0, 0.1) is 5.92 Å². The molecule has 0 aliphatic rings. The Balaban J connectivity index is 3.39. The predicted molar refractivity (Wildman–Crippen MR) is 54.7 cm³/mol. The lowest BCUT2D eigenvalue weighted by Crippen LogP contribution is -2.23. The molecule has 0 radical (unpaired) electrons. The van der Waals surface area contributed by atoms with Crippen molar-refractivity contribution >= 4 is 9.28 Å². The van der Waals surface area contributed by atoms with Gasteiger partial charge in [-0.25, -0.2) is 0 Å². The first-order chi connectivity index (χ1) is 5.70. The van der Waals surface area contributed by atoms with E-state index >= 15 is 0 Å². The molecule has 0 fully saturated rings. The molecule has 0 aromatic rings. The molecule has 0 aromatic carbocycles. The molecule has 0 N–H and O–H groups in total. The molecular formula is C9H22O2Si. The first-order valence-corrected chi connectivity index (χ1v) is 6.61. The van der Waals surface area contributed by atoms with Gasteiger partial charge >= 0.3 is 9.28 Å². The van der Waals surface area contributed by atoms with Crippen LogP contribution in [-0.4, -0.2) is 23.0 Å². The zero-order valence-corrected chi connectivity index (χ0v) is 9.95. The summed E-state index contributed by atoms with van der Waals surface area (Å²) in [5.41, 5.74) is 0. The molecule has 0 saturated carbocycles. The van der Waals surface area contributed by atoms with E-state index in [9.17, 15) is 0 Å². The molecule has 1 atom stereocenters. The number of hydrogen-bond acceptors (Lipinski definition) is 2. The number of hydrogen-bond donors (Lipinski definition) is 0. The van der Waals surface area contributed by atoms with E-state index in [1.54, 1.807) is 7.11 Å². The molecule has 0 heterocycles. The van der Waals surface area contributed by atoms with Crippen LogP contribution in [0.1, 0.15) is 33.6 Å². The maximum Gasteiger partial charge on any atom is 0.321 e. The monoisotopic (exact) mass is 190 g/mol. The van der Waals surface area contributed by atoms with Gasteiger partial charge in [-0.1, -0.05) is 27.2 Å². The van der Waals surface area contributed by atoms with Crippen LogP contribution in [0.15, 0.2) is 0 Å². The third-order valence-corrected chi connectivity index (χ3v) is 4.19. The Bertz CT molecular complexity index is 96.5. The maximum absolute atomic E-state index is 5.66. The second-order valence-electron chi connectivity index (χ2n) is 3.52. The average Bonchev–Trinajstić information content (AvgIpc) is 2.02. The highest BCUT2D eigenvalue weighted by Gasteiger charge is 2.12. The summed E-state index contributed by atoms with van der Waals surface area (Å²) in [4.78, 5) is 0. The van der Waals surface area contributed by atoms with E-state index in [2.05, 4.69) is 20.8 Å². The fraction of sp³-hybridized carbons (Fsp3) is 1.00. The van der Waals surface area contributed by atoms with Crippen molar-refractivity contribution in [3.05, 3.63) is 0 Å². The van der Waals surface area contributed by atoms with Gasteiger partial charge in [0.05, 0.1) is 0 Å². The molecule has 1 unspecified atom stereocenters. The molecule has 0 aliphatic carbocycles. The van der Waals surface area contributed by atoms with Crippen molar-refractivity contribution in [1.29, 1.82) is 0 Å². The standard InChI is InChI=1S/C9H22O2Si/c1-5-6-7-11-12(10-4)8-9(2)3/h9,12H,5-8H2,1-4H3. The Kier molecular flexibility index (Phi) is 7.86. The Hall–Kier alpha value is 0.137. The van der Waals surface area contributed by atoms with Gasteiger partial charge in [0.25, 0.3) is 0 Å². The number of rotatable bonds is 7. The van der Waals surface area contributed by atoms with Crippen LogP contribution in [0.5, 0.6) is 0 Å². The smallest absolute Gasteiger partial charge is 0.321 e. The maximum atomic E-state index is 5.66. The summed E-state index contributed by atoms with van der Waals surface area (Å²) in [5.74, 6) is 0.697.